The van der Waals surface area contributed by atoms with Gasteiger partial charge in [-0.25, -0.2) is 0 Å². The van der Waals surface area contributed by atoms with E-state index in [1.165, 1.54) is 31.2 Å². The minimum atomic E-state index is 0.532. The van der Waals surface area contributed by atoms with Gasteiger partial charge in [-0.15, -0.1) is 0 Å². The topological polar surface area (TPSA) is 22.1 Å². The van der Waals surface area contributed by atoms with Crippen molar-refractivity contribution in [3.05, 3.63) is 60.8 Å². The van der Waals surface area contributed by atoms with Crippen molar-refractivity contribution in [2.45, 2.75) is 39.0 Å². The Morgan fingerprint density at radius 3 is 2.50 bits per heavy atom. The second-order valence-electron chi connectivity index (χ2n) is 5.49. The molecule has 0 fully saturated rings. The zero-order valence-electron chi connectivity index (χ0n) is 13.4. The number of ether oxygens (including phenoxy) is 1. The molecule has 1 heterocycles. The molecule has 0 N–H and O–H groups in total. The van der Waals surface area contributed by atoms with Crippen LogP contribution in [0.3, 0.4) is 0 Å². The first-order valence-corrected chi connectivity index (χ1v) is 8.12. The van der Waals surface area contributed by atoms with E-state index in [2.05, 4.69) is 30.6 Å². The quantitative estimate of drug-likeness (QED) is 0.454. The van der Waals surface area contributed by atoms with Crippen LogP contribution in [0.2, 0.25) is 0 Å². The summed E-state index contributed by atoms with van der Waals surface area (Å²) in [4.78, 5) is 4.58. The van der Waals surface area contributed by atoms with Gasteiger partial charge in [0.1, 0.15) is 12.4 Å². The van der Waals surface area contributed by atoms with Crippen LogP contribution in [-0.4, -0.2) is 11.6 Å². The lowest BCUT2D eigenvalue weighted by atomic mass is 10.1. The second kappa shape index (κ2) is 9.04. The van der Waals surface area contributed by atoms with Crippen LogP contribution in [0.1, 0.15) is 38.2 Å². The molecule has 0 saturated heterocycles. The number of hydrogen-bond donors (Lipinski definition) is 0. The first kappa shape index (κ1) is 16.3. The lowest BCUT2D eigenvalue weighted by Gasteiger charge is -2.06. The molecule has 2 rings (SSSR count). The van der Waals surface area contributed by atoms with Crippen LogP contribution in [0, 0.1) is 0 Å². The molecule has 0 aliphatic rings. The van der Waals surface area contributed by atoms with Crippen LogP contribution < -0.4 is 4.74 Å². The molecule has 0 spiro atoms. The van der Waals surface area contributed by atoms with Crippen LogP contribution in [0.4, 0.5) is 0 Å². The first-order valence-electron chi connectivity index (χ1n) is 8.12. The van der Waals surface area contributed by atoms with Gasteiger partial charge in [0.05, 0.1) is 5.69 Å². The Hall–Kier alpha value is -2.09. The number of aromatic nitrogens is 1. The van der Waals surface area contributed by atoms with Crippen molar-refractivity contribution in [1.82, 2.24) is 4.98 Å². The molecular weight excluding hydrogens is 270 g/mol. The maximum atomic E-state index is 5.49. The van der Waals surface area contributed by atoms with E-state index >= 15 is 0 Å². The largest absolute Gasteiger partial charge is 0.490 e. The number of unbranched alkanes of at least 4 members (excludes halogenated alkanes) is 3. The van der Waals surface area contributed by atoms with E-state index in [0.29, 0.717) is 6.61 Å². The third-order valence-electron chi connectivity index (χ3n) is 3.66. The van der Waals surface area contributed by atoms with Crippen molar-refractivity contribution in [1.29, 1.82) is 0 Å². The van der Waals surface area contributed by atoms with E-state index in [9.17, 15) is 0 Å². The Morgan fingerprint density at radius 2 is 1.86 bits per heavy atom. The van der Waals surface area contributed by atoms with E-state index in [1.807, 2.05) is 30.5 Å². The minimum absolute atomic E-state index is 0.532. The van der Waals surface area contributed by atoms with Crippen molar-refractivity contribution in [3.63, 3.8) is 0 Å². The molecule has 2 heteroatoms. The molecule has 1 aromatic carbocycles. The molecule has 0 aliphatic heterocycles. The lowest BCUT2D eigenvalue weighted by Crippen LogP contribution is -1.93. The summed E-state index contributed by atoms with van der Waals surface area (Å²) in [5.41, 5.74) is 3.45. The maximum Gasteiger partial charge on any atom is 0.119 e. The summed E-state index contributed by atoms with van der Waals surface area (Å²) in [6.07, 6.45) is 10.0. The van der Waals surface area contributed by atoms with E-state index in [4.69, 9.17) is 4.74 Å². The molecule has 116 valence electrons. The summed E-state index contributed by atoms with van der Waals surface area (Å²) < 4.78 is 5.49. The van der Waals surface area contributed by atoms with Crippen LogP contribution in [0.25, 0.3) is 11.3 Å². The predicted molar refractivity (Wildman–Crippen MR) is 93.2 cm³/mol. The Balaban J connectivity index is 1.93. The van der Waals surface area contributed by atoms with Gasteiger partial charge in [-0.3, -0.25) is 4.98 Å². The highest BCUT2D eigenvalue weighted by atomic mass is 16.5. The Kier molecular flexibility index (Phi) is 6.69. The number of benzene rings is 1. The normalized spacial score (nSPS) is 10.4. The number of nitrogens with zero attached hydrogens (tertiary/aromatic N) is 1. The third-order valence-corrected chi connectivity index (χ3v) is 3.66. The molecule has 2 aromatic rings. The zero-order valence-corrected chi connectivity index (χ0v) is 13.4. The van der Waals surface area contributed by atoms with Gasteiger partial charge in [-0.1, -0.05) is 44.9 Å². The third kappa shape index (κ3) is 5.03. The summed E-state index contributed by atoms with van der Waals surface area (Å²) in [6.45, 7) is 6.42. The Labute approximate surface area is 133 Å². The molecule has 0 radical (unpaired) electrons. The van der Waals surface area contributed by atoms with Crippen LogP contribution >= 0.6 is 0 Å². The summed E-state index contributed by atoms with van der Waals surface area (Å²) in [5, 5.41) is 0. The van der Waals surface area contributed by atoms with E-state index in [1.54, 1.807) is 6.08 Å². The fraction of sp³-hybridized carbons (Fsp3) is 0.350. The fourth-order valence-electron chi connectivity index (χ4n) is 2.38. The van der Waals surface area contributed by atoms with E-state index in [0.717, 1.165) is 23.4 Å². The summed E-state index contributed by atoms with van der Waals surface area (Å²) in [5.74, 6) is 0.858. The standard InChI is InChI=1S/C20H25NO/c1-3-5-6-7-8-17-9-14-20(21-16-17)18-10-12-19(13-11-18)22-15-4-2/h4,9-14,16H,2-3,5-8,15H2,1H3. The lowest BCUT2D eigenvalue weighted by molar-refractivity contribution is 0.363. The van der Waals surface area contributed by atoms with Gasteiger partial charge in [-0.2, -0.15) is 0 Å². The zero-order chi connectivity index (χ0) is 15.6. The van der Waals surface area contributed by atoms with Crippen molar-refractivity contribution in [3.8, 4) is 17.0 Å². The van der Waals surface area contributed by atoms with E-state index in [-0.39, 0.29) is 0 Å². The SMILES string of the molecule is C=CCOc1ccc(-c2ccc(CCCCCC)cn2)cc1. The van der Waals surface area contributed by atoms with Gasteiger partial charge < -0.3 is 4.74 Å². The van der Waals surface area contributed by atoms with Gasteiger partial charge in [0.15, 0.2) is 0 Å². The summed E-state index contributed by atoms with van der Waals surface area (Å²) in [7, 11) is 0. The summed E-state index contributed by atoms with van der Waals surface area (Å²) >= 11 is 0. The number of rotatable bonds is 9. The van der Waals surface area contributed by atoms with Crippen molar-refractivity contribution >= 4 is 0 Å². The first-order chi connectivity index (χ1) is 10.8. The van der Waals surface area contributed by atoms with Gasteiger partial charge in [0.25, 0.3) is 0 Å². The highest BCUT2D eigenvalue weighted by Crippen LogP contribution is 2.21. The number of pyridine rings is 1. The van der Waals surface area contributed by atoms with Crippen molar-refractivity contribution in [2.75, 3.05) is 6.61 Å². The van der Waals surface area contributed by atoms with Gasteiger partial charge >= 0.3 is 0 Å². The molecule has 0 atom stereocenters. The monoisotopic (exact) mass is 295 g/mol. The molecule has 0 unspecified atom stereocenters. The van der Waals surface area contributed by atoms with Gasteiger partial charge in [0.2, 0.25) is 0 Å². The van der Waals surface area contributed by atoms with Crippen molar-refractivity contribution in [2.24, 2.45) is 0 Å². The number of aryl methyl sites for hydroxylation is 1. The smallest absolute Gasteiger partial charge is 0.119 e. The molecule has 2 nitrogen and oxygen atoms in total. The number of hydrogen-bond acceptors (Lipinski definition) is 2. The average Bonchev–Trinajstić information content (AvgIpc) is 2.58. The fourth-order valence-corrected chi connectivity index (χ4v) is 2.38. The van der Waals surface area contributed by atoms with Gasteiger partial charge in [0, 0.05) is 11.8 Å². The highest BCUT2D eigenvalue weighted by molar-refractivity contribution is 5.60. The van der Waals surface area contributed by atoms with Crippen molar-refractivity contribution < 1.29 is 4.74 Å². The molecule has 22 heavy (non-hydrogen) atoms. The molecule has 0 bridgehead atoms. The maximum absolute atomic E-state index is 5.49. The van der Waals surface area contributed by atoms with Crippen LogP contribution in [0.15, 0.2) is 55.3 Å². The van der Waals surface area contributed by atoms with E-state index < -0.39 is 0 Å². The molecule has 0 amide bonds. The molecule has 0 aliphatic carbocycles. The van der Waals surface area contributed by atoms with Crippen LogP contribution in [-0.2, 0) is 6.42 Å². The van der Waals surface area contributed by atoms with Gasteiger partial charge in [-0.05, 0) is 48.7 Å². The highest BCUT2D eigenvalue weighted by Gasteiger charge is 2.01. The molecule has 1 aromatic heterocycles. The molecular formula is C20H25NO. The minimum Gasteiger partial charge on any atom is -0.490 e. The second-order valence-corrected chi connectivity index (χ2v) is 5.49. The molecule has 0 saturated carbocycles. The Bertz CT molecular complexity index is 557. The average molecular weight is 295 g/mol. The predicted octanol–water partition coefficient (Wildman–Crippen LogP) is 5.44. The van der Waals surface area contributed by atoms with Crippen LogP contribution in [0.5, 0.6) is 5.75 Å². The summed E-state index contributed by atoms with van der Waals surface area (Å²) in [6, 6.07) is 12.3. The Morgan fingerprint density at radius 1 is 1.05 bits per heavy atom.